The van der Waals surface area contributed by atoms with E-state index < -0.39 is 6.98 Å². The molecule has 0 aliphatic rings. The summed E-state index contributed by atoms with van der Waals surface area (Å²) in [5.74, 6) is 0.337. The second kappa shape index (κ2) is 6.91. The Labute approximate surface area is 102 Å². The van der Waals surface area contributed by atoms with Crippen LogP contribution in [-0.4, -0.2) is 6.98 Å². The molecule has 54 valence electrons. The third-order valence-corrected chi connectivity index (χ3v) is 0.810. The Hall–Kier alpha value is 1.23. The zero-order valence-corrected chi connectivity index (χ0v) is 9.40. The van der Waals surface area contributed by atoms with Crippen molar-refractivity contribution in [2.24, 2.45) is 0 Å². The van der Waals surface area contributed by atoms with Crippen molar-refractivity contribution >= 4 is 6.98 Å². The summed E-state index contributed by atoms with van der Waals surface area (Å²) >= 11 is 0. The minimum Gasteiger partial charge on any atom is -0.445 e. The van der Waals surface area contributed by atoms with Gasteiger partial charge in [-0.15, -0.1) is 12.1 Å². The molecule has 0 unspecified atom stereocenters. The van der Waals surface area contributed by atoms with E-state index in [1.54, 1.807) is 0 Å². The summed E-state index contributed by atoms with van der Waals surface area (Å²) in [4.78, 5) is 0. The largest absolute Gasteiger partial charge is 1.00 e. The Balaban J connectivity index is 0. The van der Waals surface area contributed by atoms with Gasteiger partial charge < -0.3 is 12.9 Å². The molecular weight excluding hydrogens is 167 g/mol. The van der Waals surface area contributed by atoms with Crippen LogP contribution in [-0.2, 0) is 0 Å². The second-order valence-corrected chi connectivity index (χ2v) is 1.84. The predicted molar refractivity (Wildman–Crippen MR) is 33.1 cm³/mol. The van der Waals surface area contributed by atoms with Gasteiger partial charge in [0.15, 0.2) is 0 Å². The molecule has 0 bridgehead atoms. The fourth-order valence-electron chi connectivity index (χ4n) is 0.417. The van der Waals surface area contributed by atoms with Crippen molar-refractivity contribution in [3.8, 4) is 0 Å². The standard InChI is InChI=1S/C5H9BF3.K/c1-2-3-4-5-6(7,8)9;/h4-5H,2-3H2,1H3;/q-1;+1/b5-4+;. The minimum absolute atomic E-state index is 0. The normalized spacial score (nSPS) is 11.6. The molecule has 0 saturated heterocycles. The first-order chi connectivity index (χ1) is 4.06. The van der Waals surface area contributed by atoms with Gasteiger partial charge in [-0.2, -0.15) is 0 Å². The molecule has 10 heavy (non-hydrogen) atoms. The van der Waals surface area contributed by atoms with Gasteiger partial charge in [0, 0.05) is 0 Å². The van der Waals surface area contributed by atoms with Gasteiger partial charge in [-0.25, -0.2) is 0 Å². The zero-order chi connectivity index (χ0) is 7.33. The first-order valence-electron chi connectivity index (χ1n) is 2.94. The Morgan fingerprint density at radius 1 is 1.30 bits per heavy atom. The molecule has 0 nitrogen and oxygen atoms in total. The van der Waals surface area contributed by atoms with Gasteiger partial charge in [-0.3, -0.25) is 0 Å². The van der Waals surface area contributed by atoms with Gasteiger partial charge in [-0.1, -0.05) is 13.3 Å². The van der Waals surface area contributed by atoms with Crippen LogP contribution < -0.4 is 51.4 Å². The van der Waals surface area contributed by atoms with Crippen molar-refractivity contribution in [3.05, 3.63) is 12.1 Å². The summed E-state index contributed by atoms with van der Waals surface area (Å²) in [5.41, 5.74) is 0. The van der Waals surface area contributed by atoms with E-state index in [9.17, 15) is 12.9 Å². The van der Waals surface area contributed by atoms with Crippen molar-refractivity contribution in [1.82, 2.24) is 0 Å². The maximum atomic E-state index is 11.4. The van der Waals surface area contributed by atoms with E-state index in [1.165, 1.54) is 6.08 Å². The van der Waals surface area contributed by atoms with Crippen LogP contribution in [0.1, 0.15) is 19.8 Å². The summed E-state index contributed by atoms with van der Waals surface area (Å²) in [7, 11) is 0. The van der Waals surface area contributed by atoms with Gasteiger partial charge in [0.2, 0.25) is 0 Å². The van der Waals surface area contributed by atoms with Crippen molar-refractivity contribution in [1.29, 1.82) is 0 Å². The fraction of sp³-hybridized carbons (Fsp3) is 0.600. The van der Waals surface area contributed by atoms with Crippen molar-refractivity contribution < 1.29 is 64.3 Å². The molecule has 0 aromatic heterocycles. The number of unbranched alkanes of at least 4 members (excludes halogenated alkanes) is 1. The van der Waals surface area contributed by atoms with Crippen LogP contribution in [0.4, 0.5) is 12.9 Å². The van der Waals surface area contributed by atoms with E-state index in [4.69, 9.17) is 0 Å². The van der Waals surface area contributed by atoms with E-state index >= 15 is 0 Å². The first-order valence-corrected chi connectivity index (χ1v) is 2.94. The summed E-state index contributed by atoms with van der Waals surface area (Å²) < 4.78 is 34.1. The van der Waals surface area contributed by atoms with Gasteiger partial charge in [-0.05, 0) is 6.42 Å². The number of hydrogen-bond donors (Lipinski definition) is 0. The van der Waals surface area contributed by atoms with Gasteiger partial charge in [0.1, 0.15) is 0 Å². The number of hydrogen-bond acceptors (Lipinski definition) is 0. The van der Waals surface area contributed by atoms with Gasteiger partial charge in [0.25, 0.3) is 0 Å². The molecule has 0 heterocycles. The summed E-state index contributed by atoms with van der Waals surface area (Å²) in [6.45, 7) is -2.85. The Morgan fingerprint density at radius 3 is 2.10 bits per heavy atom. The molecule has 0 rings (SSSR count). The smallest absolute Gasteiger partial charge is 0.445 e. The maximum Gasteiger partial charge on any atom is 1.00 e. The van der Waals surface area contributed by atoms with E-state index in [2.05, 4.69) is 0 Å². The fourth-order valence-corrected chi connectivity index (χ4v) is 0.417. The van der Waals surface area contributed by atoms with Crippen molar-refractivity contribution in [2.45, 2.75) is 19.8 Å². The van der Waals surface area contributed by atoms with Crippen LogP contribution in [0.3, 0.4) is 0 Å². The minimum atomic E-state index is -4.69. The molecule has 0 spiro atoms. The molecule has 0 aliphatic carbocycles. The number of rotatable bonds is 3. The zero-order valence-electron chi connectivity index (χ0n) is 6.28. The van der Waals surface area contributed by atoms with Crippen LogP contribution in [0.2, 0.25) is 0 Å². The molecule has 0 atom stereocenters. The second-order valence-electron chi connectivity index (χ2n) is 1.84. The number of halogens is 3. The van der Waals surface area contributed by atoms with E-state index in [1.807, 2.05) is 6.92 Å². The molecule has 5 heteroatoms. The molecule has 0 aliphatic heterocycles. The molecule has 0 radical (unpaired) electrons. The summed E-state index contributed by atoms with van der Waals surface area (Å²) in [5, 5.41) is 0. The average Bonchev–Trinajstić information content (AvgIpc) is 1.63. The molecule has 0 amide bonds. The van der Waals surface area contributed by atoms with E-state index in [0.29, 0.717) is 12.4 Å². The monoisotopic (exact) mass is 176 g/mol. The SMILES string of the molecule is CCC/C=C/[B-](F)(F)F.[K+]. The Kier molecular flexibility index (Phi) is 9.54. The third-order valence-electron chi connectivity index (χ3n) is 0.810. The molecular formula is C5H9BF3K. The van der Waals surface area contributed by atoms with Crippen LogP contribution in [0, 0.1) is 0 Å². The van der Waals surface area contributed by atoms with Crippen LogP contribution in [0.25, 0.3) is 0 Å². The molecule has 0 fully saturated rings. The van der Waals surface area contributed by atoms with Gasteiger partial charge in [0.05, 0.1) is 0 Å². The topological polar surface area (TPSA) is 0 Å². The van der Waals surface area contributed by atoms with Crippen LogP contribution >= 0.6 is 0 Å². The van der Waals surface area contributed by atoms with Crippen LogP contribution in [0.15, 0.2) is 12.1 Å². The van der Waals surface area contributed by atoms with E-state index in [-0.39, 0.29) is 51.4 Å². The quantitative estimate of drug-likeness (QED) is 0.519. The molecule has 0 N–H and O–H groups in total. The molecule has 0 saturated carbocycles. The van der Waals surface area contributed by atoms with Crippen molar-refractivity contribution in [2.75, 3.05) is 0 Å². The Bertz CT molecular complexity index is 99.6. The predicted octanol–water partition coefficient (Wildman–Crippen LogP) is -0.267. The molecule has 0 aromatic rings. The van der Waals surface area contributed by atoms with Gasteiger partial charge >= 0.3 is 58.4 Å². The van der Waals surface area contributed by atoms with Crippen molar-refractivity contribution in [3.63, 3.8) is 0 Å². The number of allylic oxidation sites excluding steroid dienone is 1. The van der Waals surface area contributed by atoms with E-state index in [0.717, 1.165) is 6.42 Å². The molecule has 0 aromatic carbocycles. The summed E-state index contributed by atoms with van der Waals surface area (Å²) in [6.07, 6.45) is 2.45. The first kappa shape index (κ1) is 13.8. The maximum absolute atomic E-state index is 11.4. The van der Waals surface area contributed by atoms with Crippen LogP contribution in [0.5, 0.6) is 0 Å². The summed E-state index contributed by atoms with van der Waals surface area (Å²) in [6, 6.07) is 0. The Morgan fingerprint density at radius 2 is 1.80 bits per heavy atom. The average molecular weight is 176 g/mol. The third kappa shape index (κ3) is 12.0.